The third-order valence-electron chi connectivity index (χ3n) is 2.79. The summed E-state index contributed by atoms with van der Waals surface area (Å²) in [7, 11) is 0. The number of nitrogens with zero attached hydrogens (tertiary/aromatic N) is 2. The fourth-order valence-corrected chi connectivity index (χ4v) is 1.70. The molecule has 0 aromatic carbocycles. The smallest absolute Gasteiger partial charge is 0.277 e. The molecule has 3 N–H and O–H groups in total. The van der Waals surface area contributed by atoms with Gasteiger partial charge in [-0.15, -0.1) is 0 Å². The Morgan fingerprint density at radius 2 is 2.44 bits per heavy atom. The molecular weight excluding hydrogens is 212 g/mol. The van der Waals surface area contributed by atoms with Gasteiger partial charge in [0, 0.05) is 19.1 Å². The molecular formula is C9H14N4O3. The SMILES string of the molecule is CC1OCCC1CNC(=O)c1nonc1N. The van der Waals surface area contributed by atoms with E-state index in [2.05, 4.69) is 20.3 Å². The van der Waals surface area contributed by atoms with Gasteiger partial charge in [0.1, 0.15) is 0 Å². The van der Waals surface area contributed by atoms with Gasteiger partial charge in [-0.1, -0.05) is 0 Å². The number of rotatable bonds is 3. The maximum atomic E-state index is 11.6. The lowest BCUT2D eigenvalue weighted by Crippen LogP contribution is -2.32. The van der Waals surface area contributed by atoms with Crippen molar-refractivity contribution >= 4 is 11.7 Å². The number of hydrogen-bond donors (Lipinski definition) is 2. The molecule has 0 aliphatic carbocycles. The minimum Gasteiger partial charge on any atom is -0.379 e. The maximum absolute atomic E-state index is 11.6. The summed E-state index contributed by atoms with van der Waals surface area (Å²) in [5, 5.41) is 9.50. The first-order chi connectivity index (χ1) is 7.68. The molecule has 2 rings (SSSR count). The van der Waals surface area contributed by atoms with Gasteiger partial charge < -0.3 is 15.8 Å². The van der Waals surface area contributed by atoms with Crippen molar-refractivity contribution in [2.24, 2.45) is 5.92 Å². The normalized spacial score (nSPS) is 24.6. The predicted molar refractivity (Wildman–Crippen MR) is 54.6 cm³/mol. The van der Waals surface area contributed by atoms with Crippen LogP contribution in [0.3, 0.4) is 0 Å². The van der Waals surface area contributed by atoms with Crippen LogP contribution < -0.4 is 11.1 Å². The summed E-state index contributed by atoms with van der Waals surface area (Å²) in [6.07, 6.45) is 1.13. The summed E-state index contributed by atoms with van der Waals surface area (Å²) in [6, 6.07) is 0. The highest BCUT2D eigenvalue weighted by molar-refractivity contribution is 5.95. The number of carbonyl (C=O) groups excluding carboxylic acids is 1. The number of nitrogen functional groups attached to an aromatic ring is 1. The van der Waals surface area contributed by atoms with Gasteiger partial charge >= 0.3 is 0 Å². The fourth-order valence-electron chi connectivity index (χ4n) is 1.70. The minimum atomic E-state index is -0.363. The van der Waals surface area contributed by atoms with Crippen LogP contribution in [0.5, 0.6) is 0 Å². The highest BCUT2D eigenvalue weighted by Crippen LogP contribution is 2.19. The van der Waals surface area contributed by atoms with E-state index in [0.717, 1.165) is 13.0 Å². The molecule has 1 aromatic heterocycles. The van der Waals surface area contributed by atoms with Crippen LogP contribution in [0.1, 0.15) is 23.8 Å². The van der Waals surface area contributed by atoms with Crippen LogP contribution in [-0.4, -0.2) is 35.5 Å². The average Bonchev–Trinajstić information content (AvgIpc) is 2.84. The zero-order valence-electron chi connectivity index (χ0n) is 8.97. The molecule has 1 saturated heterocycles. The van der Waals surface area contributed by atoms with Crippen molar-refractivity contribution in [2.45, 2.75) is 19.4 Å². The molecule has 16 heavy (non-hydrogen) atoms. The van der Waals surface area contributed by atoms with E-state index in [1.807, 2.05) is 6.92 Å². The lowest BCUT2D eigenvalue weighted by atomic mass is 10.0. The van der Waals surface area contributed by atoms with Crippen molar-refractivity contribution in [2.75, 3.05) is 18.9 Å². The molecule has 7 heteroatoms. The van der Waals surface area contributed by atoms with Crippen molar-refractivity contribution in [1.82, 2.24) is 15.6 Å². The highest BCUT2D eigenvalue weighted by atomic mass is 16.6. The predicted octanol–water partition coefficient (Wildman–Crippen LogP) is -0.193. The molecule has 1 aromatic rings. The molecule has 2 unspecified atom stereocenters. The molecule has 2 atom stereocenters. The Morgan fingerprint density at radius 1 is 1.62 bits per heavy atom. The summed E-state index contributed by atoms with van der Waals surface area (Å²) in [5.41, 5.74) is 5.43. The standard InChI is InChI=1S/C9H14N4O3/c1-5-6(2-3-15-5)4-11-9(14)7-8(10)13-16-12-7/h5-6H,2-4H2,1H3,(H2,10,13)(H,11,14). The summed E-state index contributed by atoms with van der Waals surface area (Å²) in [6.45, 7) is 3.29. The Balaban J connectivity index is 1.86. The highest BCUT2D eigenvalue weighted by Gasteiger charge is 2.25. The number of hydrogen-bond acceptors (Lipinski definition) is 6. The van der Waals surface area contributed by atoms with Crippen LogP contribution in [0.2, 0.25) is 0 Å². The van der Waals surface area contributed by atoms with Crippen molar-refractivity contribution in [3.63, 3.8) is 0 Å². The topological polar surface area (TPSA) is 103 Å². The van der Waals surface area contributed by atoms with Crippen LogP contribution in [-0.2, 0) is 4.74 Å². The molecule has 0 saturated carbocycles. The van der Waals surface area contributed by atoms with Gasteiger partial charge in [0.15, 0.2) is 0 Å². The summed E-state index contributed by atoms with van der Waals surface area (Å²) in [4.78, 5) is 11.6. The second kappa shape index (κ2) is 4.48. The quantitative estimate of drug-likeness (QED) is 0.740. The zero-order valence-corrected chi connectivity index (χ0v) is 8.97. The number of carbonyl (C=O) groups is 1. The van der Waals surface area contributed by atoms with Crippen molar-refractivity contribution in [3.8, 4) is 0 Å². The molecule has 2 heterocycles. The van der Waals surface area contributed by atoms with E-state index in [9.17, 15) is 4.79 Å². The van der Waals surface area contributed by atoms with Gasteiger partial charge in [-0.25, -0.2) is 4.63 Å². The van der Waals surface area contributed by atoms with E-state index >= 15 is 0 Å². The number of ether oxygens (including phenoxy) is 1. The summed E-state index contributed by atoms with van der Waals surface area (Å²) in [5.74, 6) is -0.0175. The first-order valence-electron chi connectivity index (χ1n) is 5.16. The Labute approximate surface area is 92.3 Å². The molecule has 0 spiro atoms. The third-order valence-corrected chi connectivity index (χ3v) is 2.79. The molecule has 1 amide bonds. The van der Waals surface area contributed by atoms with Gasteiger partial charge in [0.05, 0.1) is 6.10 Å². The lowest BCUT2D eigenvalue weighted by Gasteiger charge is -2.13. The largest absolute Gasteiger partial charge is 0.379 e. The molecule has 0 bridgehead atoms. The number of nitrogens with two attached hydrogens (primary N) is 1. The average molecular weight is 226 g/mol. The van der Waals surface area contributed by atoms with Crippen LogP contribution in [0, 0.1) is 5.92 Å². The molecule has 0 radical (unpaired) electrons. The molecule has 1 aliphatic rings. The first kappa shape index (κ1) is 10.9. The van der Waals surface area contributed by atoms with E-state index in [1.54, 1.807) is 0 Å². The molecule has 1 aliphatic heterocycles. The summed E-state index contributed by atoms with van der Waals surface area (Å²) >= 11 is 0. The second-order valence-corrected chi connectivity index (χ2v) is 3.83. The van der Waals surface area contributed by atoms with E-state index in [4.69, 9.17) is 10.5 Å². The van der Waals surface area contributed by atoms with Gasteiger partial charge in [-0.05, 0) is 23.7 Å². The number of anilines is 1. The van der Waals surface area contributed by atoms with E-state index < -0.39 is 0 Å². The number of amides is 1. The molecule has 7 nitrogen and oxygen atoms in total. The second-order valence-electron chi connectivity index (χ2n) is 3.83. The van der Waals surface area contributed by atoms with E-state index in [-0.39, 0.29) is 23.5 Å². The first-order valence-corrected chi connectivity index (χ1v) is 5.16. The van der Waals surface area contributed by atoms with E-state index in [1.165, 1.54) is 0 Å². The van der Waals surface area contributed by atoms with Crippen molar-refractivity contribution in [1.29, 1.82) is 0 Å². The Bertz CT molecular complexity index is 379. The Hall–Kier alpha value is -1.63. The third kappa shape index (κ3) is 2.13. The van der Waals surface area contributed by atoms with Gasteiger partial charge in [-0.2, -0.15) is 0 Å². The van der Waals surface area contributed by atoms with Crippen LogP contribution in [0.4, 0.5) is 5.82 Å². The van der Waals surface area contributed by atoms with Gasteiger partial charge in [-0.3, -0.25) is 4.79 Å². The fraction of sp³-hybridized carbons (Fsp3) is 0.667. The monoisotopic (exact) mass is 226 g/mol. The summed E-state index contributed by atoms with van der Waals surface area (Å²) < 4.78 is 9.74. The van der Waals surface area contributed by atoms with Gasteiger partial charge in [0.25, 0.3) is 5.91 Å². The molecule has 1 fully saturated rings. The minimum absolute atomic E-state index is 0.00761. The maximum Gasteiger partial charge on any atom is 0.277 e. The van der Waals surface area contributed by atoms with Crippen LogP contribution >= 0.6 is 0 Å². The Kier molecular flexibility index (Phi) is 3.04. The van der Waals surface area contributed by atoms with Crippen molar-refractivity contribution < 1.29 is 14.2 Å². The zero-order chi connectivity index (χ0) is 11.5. The molecule has 88 valence electrons. The van der Waals surface area contributed by atoms with Gasteiger partial charge in [0.2, 0.25) is 11.5 Å². The van der Waals surface area contributed by atoms with Crippen molar-refractivity contribution in [3.05, 3.63) is 5.69 Å². The Morgan fingerprint density at radius 3 is 3.00 bits per heavy atom. The van der Waals surface area contributed by atoms with E-state index in [0.29, 0.717) is 12.5 Å². The van der Waals surface area contributed by atoms with Crippen LogP contribution in [0.15, 0.2) is 4.63 Å². The number of aromatic nitrogens is 2. The number of nitrogens with one attached hydrogen (secondary N) is 1. The lowest BCUT2D eigenvalue weighted by molar-refractivity contribution is 0.0900. The van der Waals surface area contributed by atoms with Crippen LogP contribution in [0.25, 0.3) is 0 Å².